The number of aromatic hydroxyl groups is 1. The molecule has 11 N–H and O–H groups in total. The molecule has 36 heavy (non-hydrogen) atoms. The minimum atomic E-state index is -1.19. The molecule has 0 bridgehead atoms. The number of aliphatic carboxylic acids is 1. The third-order valence-electron chi connectivity index (χ3n) is 5.02. The van der Waals surface area contributed by atoms with E-state index in [0.29, 0.717) is 17.7 Å². The molecule has 13 nitrogen and oxygen atoms in total. The molecule has 0 saturated carbocycles. The van der Waals surface area contributed by atoms with Crippen LogP contribution in [0.25, 0.3) is 0 Å². The summed E-state index contributed by atoms with van der Waals surface area (Å²) in [5.41, 5.74) is 16.7. The highest BCUT2D eigenvalue weighted by Crippen LogP contribution is 2.12. The van der Waals surface area contributed by atoms with E-state index in [1.165, 1.54) is 23.9 Å². The Morgan fingerprint density at radius 2 is 1.58 bits per heavy atom. The Balaban J connectivity index is 3.06. The third-order valence-corrected chi connectivity index (χ3v) is 5.66. The Bertz CT molecular complexity index is 909. The van der Waals surface area contributed by atoms with Crippen LogP contribution < -0.4 is 33.2 Å². The number of phenolic OH excluding ortho intramolecular Hbond substituents is 1. The lowest BCUT2D eigenvalue weighted by molar-refractivity contribution is -0.142. The molecule has 3 amide bonds. The molecule has 1 aromatic rings. The molecule has 200 valence electrons. The van der Waals surface area contributed by atoms with Crippen LogP contribution in [-0.4, -0.2) is 83.1 Å². The second-order valence-corrected chi connectivity index (χ2v) is 8.87. The molecule has 0 radical (unpaired) electrons. The van der Waals surface area contributed by atoms with Gasteiger partial charge in [0.25, 0.3) is 0 Å². The number of carbonyl (C=O) groups excluding carboxylic acids is 3. The van der Waals surface area contributed by atoms with Gasteiger partial charge in [0.15, 0.2) is 5.96 Å². The van der Waals surface area contributed by atoms with Crippen molar-refractivity contribution in [2.45, 2.75) is 43.8 Å². The summed E-state index contributed by atoms with van der Waals surface area (Å²) in [5.74, 6) is -2.69. The van der Waals surface area contributed by atoms with E-state index >= 15 is 0 Å². The number of rotatable bonds is 16. The van der Waals surface area contributed by atoms with E-state index in [-0.39, 0.29) is 44.1 Å². The Labute approximate surface area is 213 Å². The highest BCUT2D eigenvalue weighted by Gasteiger charge is 2.29. The number of nitrogens with one attached hydrogen (secondary N) is 3. The van der Waals surface area contributed by atoms with Gasteiger partial charge in [0.05, 0.1) is 6.54 Å². The minimum Gasteiger partial charge on any atom is -0.508 e. The second-order valence-electron chi connectivity index (χ2n) is 7.89. The average molecular weight is 526 g/mol. The molecule has 3 unspecified atom stereocenters. The monoisotopic (exact) mass is 525 g/mol. The first-order valence-corrected chi connectivity index (χ1v) is 12.6. The molecule has 1 rings (SSSR count). The van der Waals surface area contributed by atoms with Crippen molar-refractivity contribution < 1.29 is 29.4 Å². The number of hydrogen-bond acceptors (Lipinski definition) is 8. The van der Waals surface area contributed by atoms with Gasteiger partial charge in [-0.25, -0.2) is 4.79 Å². The lowest BCUT2D eigenvalue weighted by Gasteiger charge is -2.24. The molecule has 0 aromatic heterocycles. The number of aliphatic imine (C=N–C) groups is 1. The second kappa shape index (κ2) is 16.2. The van der Waals surface area contributed by atoms with Gasteiger partial charge in [-0.05, 0) is 49.0 Å². The van der Waals surface area contributed by atoms with Crippen molar-refractivity contribution in [1.29, 1.82) is 0 Å². The first-order chi connectivity index (χ1) is 17.1. The predicted molar refractivity (Wildman–Crippen MR) is 137 cm³/mol. The number of amides is 3. The summed E-state index contributed by atoms with van der Waals surface area (Å²) in [4.78, 5) is 53.5. The van der Waals surface area contributed by atoms with Crippen LogP contribution in [0.1, 0.15) is 24.8 Å². The maximum atomic E-state index is 13.1. The van der Waals surface area contributed by atoms with Crippen LogP contribution in [0.2, 0.25) is 0 Å². The van der Waals surface area contributed by atoms with Gasteiger partial charge >= 0.3 is 5.97 Å². The summed E-state index contributed by atoms with van der Waals surface area (Å²) < 4.78 is 0. The molecular weight excluding hydrogens is 490 g/mol. The quantitative estimate of drug-likeness (QED) is 0.0687. The van der Waals surface area contributed by atoms with Crippen LogP contribution in [-0.2, 0) is 25.6 Å². The van der Waals surface area contributed by atoms with Gasteiger partial charge in [0.1, 0.15) is 23.9 Å². The van der Waals surface area contributed by atoms with E-state index < -0.39 is 41.8 Å². The summed E-state index contributed by atoms with van der Waals surface area (Å²) in [6.45, 7) is -0.158. The normalized spacial score (nSPS) is 13.1. The lowest BCUT2D eigenvalue weighted by atomic mass is 10.0. The fourth-order valence-electron chi connectivity index (χ4n) is 3.14. The number of hydrogen-bond donors (Lipinski definition) is 8. The van der Waals surface area contributed by atoms with Crippen LogP contribution in [0, 0.1) is 0 Å². The van der Waals surface area contributed by atoms with E-state index in [9.17, 15) is 29.4 Å². The van der Waals surface area contributed by atoms with E-state index in [4.69, 9.17) is 17.2 Å². The molecule has 0 saturated heterocycles. The van der Waals surface area contributed by atoms with Crippen LogP contribution in [0.5, 0.6) is 5.75 Å². The number of carbonyl (C=O) groups is 4. The van der Waals surface area contributed by atoms with E-state index in [0.717, 1.165) is 0 Å². The first kappa shape index (κ1) is 30.5. The van der Waals surface area contributed by atoms with Gasteiger partial charge in [-0.15, -0.1) is 0 Å². The van der Waals surface area contributed by atoms with E-state index in [2.05, 4.69) is 20.9 Å². The third kappa shape index (κ3) is 11.8. The van der Waals surface area contributed by atoms with Crippen molar-refractivity contribution in [3.05, 3.63) is 29.8 Å². The van der Waals surface area contributed by atoms with Crippen LogP contribution >= 0.6 is 11.8 Å². The molecule has 0 aliphatic rings. The maximum absolute atomic E-state index is 13.1. The smallest absolute Gasteiger partial charge is 0.326 e. The van der Waals surface area contributed by atoms with E-state index in [1.54, 1.807) is 12.1 Å². The van der Waals surface area contributed by atoms with Crippen LogP contribution in [0.3, 0.4) is 0 Å². The maximum Gasteiger partial charge on any atom is 0.326 e. The standard InChI is InChI=1S/C22H35N7O6S/c1-36-10-8-16(21(34)35)29-19(32)15(3-2-9-26-22(24)25)28-20(33)17(27-18(31)12-23)11-13-4-6-14(30)7-5-13/h4-7,15-17,30H,2-3,8-12,23H2,1H3,(H,27,31)(H,28,33)(H,29,32)(H,34,35)(H4,24,25,26). The fraction of sp³-hybridized carbons (Fsp3) is 0.500. The van der Waals surface area contributed by atoms with Gasteiger partial charge in [0, 0.05) is 13.0 Å². The zero-order valence-electron chi connectivity index (χ0n) is 20.1. The molecule has 0 aliphatic carbocycles. The summed E-state index contributed by atoms with van der Waals surface area (Å²) in [6.07, 6.45) is 2.51. The molecular formula is C22H35N7O6S. The molecule has 0 heterocycles. The lowest BCUT2D eigenvalue weighted by Crippen LogP contribution is -2.56. The number of nitrogens with zero attached hydrogens (tertiary/aromatic N) is 1. The summed E-state index contributed by atoms with van der Waals surface area (Å²) in [6, 6.07) is 2.74. The largest absolute Gasteiger partial charge is 0.508 e. The molecule has 3 atom stereocenters. The number of thioether (sulfide) groups is 1. The van der Waals surface area contributed by atoms with Crippen LogP contribution in [0.4, 0.5) is 0 Å². The molecule has 0 spiro atoms. The minimum absolute atomic E-state index is 0.0395. The topological polar surface area (TPSA) is 235 Å². The number of carboxylic acids is 1. The Kier molecular flexibility index (Phi) is 13.7. The van der Waals surface area contributed by atoms with Gasteiger partial charge in [0.2, 0.25) is 17.7 Å². The fourth-order valence-corrected chi connectivity index (χ4v) is 3.61. The number of carboxylic acid groups (broad SMARTS) is 1. The number of guanidine groups is 1. The SMILES string of the molecule is CSCCC(NC(=O)C(CCCN=C(N)N)NC(=O)C(Cc1ccc(O)cc1)NC(=O)CN)C(=O)O. The molecule has 14 heteroatoms. The van der Waals surface area contributed by atoms with Gasteiger partial charge in [-0.2, -0.15) is 11.8 Å². The summed E-state index contributed by atoms with van der Waals surface area (Å²) in [7, 11) is 0. The summed E-state index contributed by atoms with van der Waals surface area (Å²) >= 11 is 1.44. The highest BCUT2D eigenvalue weighted by atomic mass is 32.2. The van der Waals surface area contributed by atoms with Crippen molar-refractivity contribution in [2.75, 3.05) is 25.1 Å². The summed E-state index contributed by atoms with van der Waals surface area (Å²) in [5, 5.41) is 26.5. The highest BCUT2D eigenvalue weighted by molar-refractivity contribution is 7.98. The number of phenols is 1. The zero-order chi connectivity index (χ0) is 27.1. The van der Waals surface area contributed by atoms with Gasteiger partial charge in [-0.3, -0.25) is 19.4 Å². The average Bonchev–Trinajstić information content (AvgIpc) is 2.83. The van der Waals surface area contributed by atoms with E-state index in [1.807, 2.05) is 6.26 Å². The van der Waals surface area contributed by atoms with Gasteiger partial charge in [-0.1, -0.05) is 12.1 Å². The Morgan fingerprint density at radius 3 is 2.14 bits per heavy atom. The van der Waals surface area contributed by atoms with Crippen molar-refractivity contribution in [2.24, 2.45) is 22.2 Å². The number of nitrogens with two attached hydrogens (primary N) is 3. The molecule has 0 aliphatic heterocycles. The first-order valence-electron chi connectivity index (χ1n) is 11.2. The zero-order valence-corrected chi connectivity index (χ0v) is 20.9. The Morgan fingerprint density at radius 1 is 0.972 bits per heavy atom. The Hall–Kier alpha value is -3.52. The van der Waals surface area contributed by atoms with Crippen molar-refractivity contribution in [1.82, 2.24) is 16.0 Å². The van der Waals surface area contributed by atoms with Crippen LogP contribution in [0.15, 0.2) is 29.3 Å². The molecule has 0 fully saturated rings. The van der Waals surface area contributed by atoms with Crippen molar-refractivity contribution in [3.8, 4) is 5.75 Å². The van der Waals surface area contributed by atoms with Crippen molar-refractivity contribution >= 4 is 41.4 Å². The number of benzene rings is 1. The molecule has 1 aromatic carbocycles. The predicted octanol–water partition coefficient (Wildman–Crippen LogP) is -1.76. The van der Waals surface area contributed by atoms with Crippen molar-refractivity contribution in [3.63, 3.8) is 0 Å². The van der Waals surface area contributed by atoms with Gasteiger partial charge < -0.3 is 43.4 Å².